The Bertz CT molecular complexity index is 681. The summed E-state index contributed by atoms with van der Waals surface area (Å²) in [5.74, 6) is -0.977. The second kappa shape index (κ2) is 4.90. The van der Waals surface area contributed by atoms with E-state index >= 15 is 0 Å². The fraction of sp³-hybridized carbons (Fsp3) is 0.385. The van der Waals surface area contributed by atoms with E-state index in [0.29, 0.717) is 18.4 Å². The Labute approximate surface area is 117 Å². The number of sulfonamides is 1. The van der Waals surface area contributed by atoms with E-state index in [2.05, 4.69) is 9.71 Å². The lowest BCUT2D eigenvalue weighted by atomic mass is 9.97. The highest BCUT2D eigenvalue weighted by molar-refractivity contribution is 7.90. The fourth-order valence-electron chi connectivity index (χ4n) is 2.16. The van der Waals surface area contributed by atoms with Gasteiger partial charge in [-0.2, -0.15) is 0 Å². The van der Waals surface area contributed by atoms with Gasteiger partial charge in [-0.1, -0.05) is 25.5 Å². The van der Waals surface area contributed by atoms with E-state index in [1.54, 1.807) is 18.2 Å². The van der Waals surface area contributed by atoms with E-state index in [9.17, 15) is 18.3 Å². The van der Waals surface area contributed by atoms with Crippen molar-refractivity contribution in [2.24, 2.45) is 4.99 Å². The fourth-order valence-corrected chi connectivity index (χ4v) is 3.39. The molecule has 20 heavy (non-hydrogen) atoms. The first kappa shape index (κ1) is 14.5. The molecule has 0 aromatic heterocycles. The van der Waals surface area contributed by atoms with Crippen molar-refractivity contribution in [2.45, 2.75) is 37.1 Å². The second-order valence-electron chi connectivity index (χ2n) is 4.89. The molecule has 0 aliphatic carbocycles. The lowest BCUT2D eigenvalue weighted by Crippen LogP contribution is -2.36. The van der Waals surface area contributed by atoms with Gasteiger partial charge in [-0.3, -0.25) is 4.72 Å². The number of rotatable bonds is 4. The maximum absolute atomic E-state index is 11.9. The smallest absolute Gasteiger partial charge is 0.331 e. The quantitative estimate of drug-likeness (QED) is 0.877. The molecule has 2 rings (SSSR count). The number of fused-ring (bicyclic) bond motifs is 1. The van der Waals surface area contributed by atoms with Crippen LogP contribution in [-0.2, 0) is 14.8 Å². The highest BCUT2D eigenvalue weighted by Crippen LogP contribution is 2.26. The lowest BCUT2D eigenvalue weighted by Gasteiger charge is -2.20. The van der Waals surface area contributed by atoms with Crippen molar-refractivity contribution in [3.63, 3.8) is 0 Å². The van der Waals surface area contributed by atoms with E-state index in [1.165, 1.54) is 13.0 Å². The third-order valence-electron chi connectivity index (χ3n) is 3.22. The van der Waals surface area contributed by atoms with Gasteiger partial charge in [0, 0.05) is 5.56 Å². The molecule has 0 saturated heterocycles. The summed E-state index contributed by atoms with van der Waals surface area (Å²) in [6.07, 6.45) is 0.962. The Morgan fingerprint density at radius 3 is 2.65 bits per heavy atom. The monoisotopic (exact) mass is 296 g/mol. The zero-order chi connectivity index (χ0) is 15.0. The summed E-state index contributed by atoms with van der Waals surface area (Å²) >= 11 is 0. The number of hydrogen-bond donors (Lipinski definition) is 2. The Balaban J connectivity index is 2.55. The molecule has 1 aromatic rings. The third-order valence-corrected chi connectivity index (χ3v) is 4.62. The molecular formula is C13H16N2O4S. The zero-order valence-electron chi connectivity index (χ0n) is 11.3. The van der Waals surface area contributed by atoms with Gasteiger partial charge in [-0.15, -0.1) is 0 Å². The predicted octanol–water partition coefficient (Wildman–Crippen LogP) is 1.37. The first-order chi connectivity index (χ1) is 9.30. The highest BCUT2D eigenvalue weighted by atomic mass is 32.2. The van der Waals surface area contributed by atoms with Crippen molar-refractivity contribution < 1.29 is 18.3 Å². The summed E-state index contributed by atoms with van der Waals surface area (Å²) in [4.78, 5) is 15.7. The third kappa shape index (κ3) is 2.40. The van der Waals surface area contributed by atoms with Gasteiger partial charge in [-0.25, -0.2) is 18.2 Å². The Morgan fingerprint density at radius 1 is 1.40 bits per heavy atom. The van der Waals surface area contributed by atoms with Gasteiger partial charge in [0.1, 0.15) is 5.84 Å². The van der Waals surface area contributed by atoms with Crippen LogP contribution in [-0.4, -0.2) is 30.9 Å². The van der Waals surface area contributed by atoms with Crippen molar-refractivity contribution >= 4 is 21.8 Å². The van der Waals surface area contributed by atoms with Crippen molar-refractivity contribution in [3.8, 4) is 0 Å². The van der Waals surface area contributed by atoms with Crippen molar-refractivity contribution in [1.29, 1.82) is 0 Å². The summed E-state index contributed by atoms with van der Waals surface area (Å²) in [6, 6.07) is 6.39. The number of nitrogens with one attached hydrogen (secondary N) is 1. The maximum Gasteiger partial charge on any atom is 0.331 e. The van der Waals surface area contributed by atoms with Gasteiger partial charge in [0.2, 0.25) is 0 Å². The first-order valence-electron chi connectivity index (χ1n) is 6.25. The van der Waals surface area contributed by atoms with E-state index in [0.717, 1.165) is 0 Å². The molecule has 7 heteroatoms. The molecule has 0 fully saturated rings. The molecule has 2 N–H and O–H groups in total. The summed E-state index contributed by atoms with van der Waals surface area (Å²) in [5.41, 5.74) is -0.930. The van der Waals surface area contributed by atoms with Crippen LogP contribution in [0.25, 0.3) is 0 Å². The number of carboxylic acid groups (broad SMARTS) is 1. The number of hydrogen-bond acceptors (Lipinski definition) is 4. The number of aliphatic imine (C=N–C) groups is 1. The Morgan fingerprint density at radius 2 is 2.05 bits per heavy atom. The molecule has 1 atom stereocenters. The molecule has 0 spiro atoms. The molecule has 1 aliphatic rings. The van der Waals surface area contributed by atoms with Gasteiger partial charge < -0.3 is 5.11 Å². The standard InChI is InChI=1S/C13H16N2O4S/c1-3-8-13(2,12(16)17)14-11-9-6-4-5-7-10(9)20(18,19)15-11/h4-7H,3,8H2,1-2H3,(H,14,15)(H,16,17). The molecular weight excluding hydrogens is 280 g/mol. The van der Waals surface area contributed by atoms with Gasteiger partial charge in [-0.05, 0) is 25.5 Å². The van der Waals surface area contributed by atoms with Crippen LogP contribution in [0.2, 0.25) is 0 Å². The molecule has 1 aliphatic heterocycles. The maximum atomic E-state index is 11.9. The zero-order valence-corrected chi connectivity index (χ0v) is 12.1. The van der Waals surface area contributed by atoms with Crippen LogP contribution >= 0.6 is 0 Å². The average molecular weight is 296 g/mol. The summed E-state index contributed by atoms with van der Waals surface area (Å²) in [7, 11) is -3.64. The van der Waals surface area contributed by atoms with Gasteiger partial charge >= 0.3 is 5.97 Å². The number of carboxylic acids is 1. The van der Waals surface area contributed by atoms with Gasteiger partial charge in [0.25, 0.3) is 10.0 Å². The minimum Gasteiger partial charge on any atom is -0.479 e. The van der Waals surface area contributed by atoms with E-state index in [1.807, 2.05) is 6.92 Å². The number of benzene rings is 1. The van der Waals surface area contributed by atoms with Crippen molar-refractivity contribution in [1.82, 2.24) is 4.72 Å². The minimum absolute atomic E-state index is 0.0963. The minimum atomic E-state index is -3.64. The molecule has 0 saturated carbocycles. The van der Waals surface area contributed by atoms with Crippen LogP contribution in [0.1, 0.15) is 32.3 Å². The lowest BCUT2D eigenvalue weighted by molar-refractivity contribution is -0.142. The predicted molar refractivity (Wildman–Crippen MR) is 74.2 cm³/mol. The number of carbonyl (C=O) groups is 1. The molecule has 0 bridgehead atoms. The Kier molecular flexibility index (Phi) is 3.56. The molecule has 0 amide bonds. The summed E-state index contributed by atoms with van der Waals surface area (Å²) in [6.45, 7) is 3.34. The Hall–Kier alpha value is -1.89. The van der Waals surface area contributed by atoms with E-state index in [4.69, 9.17) is 0 Å². The van der Waals surface area contributed by atoms with Crippen LogP contribution in [0.15, 0.2) is 34.2 Å². The number of amidine groups is 1. The van der Waals surface area contributed by atoms with Crippen molar-refractivity contribution in [3.05, 3.63) is 29.8 Å². The average Bonchev–Trinajstić information content (AvgIpc) is 2.62. The van der Waals surface area contributed by atoms with Crippen LogP contribution in [0.3, 0.4) is 0 Å². The van der Waals surface area contributed by atoms with E-state index in [-0.39, 0.29) is 10.7 Å². The first-order valence-corrected chi connectivity index (χ1v) is 7.74. The topological polar surface area (TPSA) is 95.8 Å². The largest absolute Gasteiger partial charge is 0.479 e. The van der Waals surface area contributed by atoms with Crippen LogP contribution in [0.4, 0.5) is 0 Å². The van der Waals surface area contributed by atoms with Crippen LogP contribution in [0.5, 0.6) is 0 Å². The normalized spacial score (nSPS) is 21.0. The highest BCUT2D eigenvalue weighted by Gasteiger charge is 2.36. The van der Waals surface area contributed by atoms with Crippen molar-refractivity contribution in [2.75, 3.05) is 0 Å². The van der Waals surface area contributed by atoms with Crippen LogP contribution < -0.4 is 4.72 Å². The molecule has 108 valence electrons. The van der Waals surface area contributed by atoms with Gasteiger partial charge in [0.05, 0.1) is 4.90 Å². The summed E-state index contributed by atoms with van der Waals surface area (Å²) in [5, 5.41) is 9.32. The van der Waals surface area contributed by atoms with Crippen LogP contribution in [0, 0.1) is 0 Å². The molecule has 0 radical (unpaired) electrons. The molecule has 1 unspecified atom stereocenters. The molecule has 6 nitrogen and oxygen atoms in total. The van der Waals surface area contributed by atoms with Gasteiger partial charge in [0.15, 0.2) is 5.54 Å². The second-order valence-corrected chi connectivity index (χ2v) is 6.54. The molecule has 1 heterocycles. The summed E-state index contributed by atoms with van der Waals surface area (Å²) < 4.78 is 26.2. The molecule has 1 aromatic carbocycles. The SMILES string of the molecule is CCCC(C)(N=C1NS(=O)(=O)c2ccccc21)C(=O)O. The van der Waals surface area contributed by atoms with E-state index < -0.39 is 21.5 Å². The number of nitrogens with zero attached hydrogens (tertiary/aromatic N) is 1. The number of aliphatic carboxylic acids is 1.